The van der Waals surface area contributed by atoms with E-state index in [1.807, 2.05) is 19.1 Å². The highest BCUT2D eigenvalue weighted by Crippen LogP contribution is 2.41. The largest absolute Gasteiger partial charge is 0.392 e. The molecule has 1 aliphatic carbocycles. The lowest BCUT2D eigenvalue weighted by Crippen LogP contribution is -2.26. The Kier molecular flexibility index (Phi) is 6.91. The molecule has 0 fully saturated rings. The number of rotatable bonds is 5. The second-order valence-corrected chi connectivity index (χ2v) is 6.71. The summed E-state index contributed by atoms with van der Waals surface area (Å²) in [5.74, 6) is 0.537. The van der Waals surface area contributed by atoms with Crippen molar-refractivity contribution < 1.29 is 5.11 Å². The van der Waals surface area contributed by atoms with E-state index in [9.17, 15) is 0 Å². The van der Waals surface area contributed by atoms with E-state index in [1.54, 1.807) is 6.08 Å². The first-order chi connectivity index (χ1) is 9.86. The molecular weight excluding hydrogens is 256 g/mol. The molecule has 0 aliphatic heterocycles. The Bertz CT molecular complexity index is 484. The van der Waals surface area contributed by atoms with E-state index < -0.39 is 0 Å². The third kappa shape index (κ3) is 5.89. The molecule has 1 nitrogen and oxygen atoms in total. The third-order valence-corrected chi connectivity index (χ3v) is 4.27. The molecule has 0 aromatic heterocycles. The first-order valence-corrected chi connectivity index (χ1v) is 7.84. The predicted octanol–water partition coefficient (Wildman–Crippen LogP) is 5.37. The van der Waals surface area contributed by atoms with Crippen LogP contribution < -0.4 is 0 Å². The highest BCUT2D eigenvalue weighted by Gasteiger charge is 2.30. The van der Waals surface area contributed by atoms with E-state index in [4.69, 9.17) is 5.11 Å². The monoisotopic (exact) mass is 286 g/mol. The predicted molar refractivity (Wildman–Crippen MR) is 93.1 cm³/mol. The van der Waals surface area contributed by atoms with E-state index in [1.165, 1.54) is 24.0 Å². The summed E-state index contributed by atoms with van der Waals surface area (Å²) >= 11 is 0. The van der Waals surface area contributed by atoms with Gasteiger partial charge >= 0.3 is 0 Å². The fourth-order valence-electron chi connectivity index (χ4n) is 2.85. The van der Waals surface area contributed by atoms with Gasteiger partial charge in [-0.05, 0) is 39.0 Å². The van der Waals surface area contributed by atoms with Crippen molar-refractivity contribution in [1.82, 2.24) is 0 Å². The molecular formula is C20H30O. The number of aliphatic hydroxyl groups excluding tert-OH is 1. The van der Waals surface area contributed by atoms with E-state index >= 15 is 0 Å². The molecule has 0 saturated carbocycles. The average Bonchev–Trinajstić information content (AvgIpc) is 2.37. The fraction of sp³-hybridized carbons (Fsp3) is 0.500. The molecule has 0 saturated heterocycles. The van der Waals surface area contributed by atoms with Crippen LogP contribution in [-0.2, 0) is 0 Å². The Labute approximate surface area is 130 Å². The van der Waals surface area contributed by atoms with Crippen molar-refractivity contribution in [3.63, 3.8) is 0 Å². The maximum Gasteiger partial charge on any atom is 0.0617 e. The quantitative estimate of drug-likeness (QED) is 0.532. The summed E-state index contributed by atoms with van der Waals surface area (Å²) in [5, 5.41) is 8.81. The number of hydrogen-bond donors (Lipinski definition) is 1. The van der Waals surface area contributed by atoms with E-state index in [-0.39, 0.29) is 6.61 Å². The van der Waals surface area contributed by atoms with Gasteiger partial charge in [0.1, 0.15) is 0 Å². The summed E-state index contributed by atoms with van der Waals surface area (Å²) in [7, 11) is 0. The highest BCUT2D eigenvalue weighted by molar-refractivity contribution is 5.29. The Morgan fingerprint density at radius 3 is 2.62 bits per heavy atom. The van der Waals surface area contributed by atoms with Crippen LogP contribution in [0.5, 0.6) is 0 Å². The number of aliphatic hydroxyl groups is 1. The zero-order valence-corrected chi connectivity index (χ0v) is 14.2. The van der Waals surface area contributed by atoms with Gasteiger partial charge in [-0.1, -0.05) is 73.1 Å². The molecule has 0 spiro atoms. The van der Waals surface area contributed by atoms with E-state index in [2.05, 4.69) is 52.0 Å². The highest BCUT2D eigenvalue weighted by atomic mass is 16.2. The lowest BCUT2D eigenvalue weighted by molar-refractivity contribution is 0.255. The van der Waals surface area contributed by atoms with Crippen LogP contribution >= 0.6 is 0 Å². The van der Waals surface area contributed by atoms with Crippen molar-refractivity contribution in [3.8, 4) is 0 Å². The lowest BCUT2D eigenvalue weighted by atomic mass is 9.68. The summed E-state index contributed by atoms with van der Waals surface area (Å²) in [4.78, 5) is 0. The fourth-order valence-corrected chi connectivity index (χ4v) is 2.85. The standard InChI is InChI=1S/C20H30O/c1-16(8-6-9-17(2)13-15-21)11-12-19-18(3)10-7-14-20(19,4)5/h6,8-13,19,21H,7,14-15H2,1-5H3/b9-6+,12-11+,16-8+,17-13+. The van der Waals surface area contributed by atoms with Gasteiger partial charge in [0, 0.05) is 5.92 Å². The van der Waals surface area contributed by atoms with E-state index in [0.717, 1.165) is 5.57 Å². The topological polar surface area (TPSA) is 20.2 Å². The maximum absolute atomic E-state index is 8.81. The van der Waals surface area contributed by atoms with Crippen LogP contribution in [0, 0.1) is 11.3 Å². The molecule has 1 aliphatic rings. The van der Waals surface area contributed by atoms with E-state index in [0.29, 0.717) is 11.3 Å². The molecule has 1 atom stereocenters. The summed E-state index contributed by atoms with van der Waals surface area (Å²) in [5.41, 5.74) is 4.17. The first kappa shape index (κ1) is 17.7. The second kappa shape index (κ2) is 8.19. The summed E-state index contributed by atoms with van der Waals surface area (Å²) in [6.07, 6.45) is 17.4. The summed E-state index contributed by atoms with van der Waals surface area (Å²) < 4.78 is 0. The molecule has 116 valence electrons. The van der Waals surface area contributed by atoms with Gasteiger partial charge in [0.2, 0.25) is 0 Å². The minimum atomic E-state index is 0.0984. The molecule has 0 aromatic carbocycles. The third-order valence-electron chi connectivity index (χ3n) is 4.27. The van der Waals surface area contributed by atoms with Crippen molar-refractivity contribution in [1.29, 1.82) is 0 Å². The van der Waals surface area contributed by atoms with Crippen molar-refractivity contribution in [2.45, 2.75) is 47.5 Å². The van der Waals surface area contributed by atoms with Crippen molar-refractivity contribution >= 4 is 0 Å². The van der Waals surface area contributed by atoms with Gasteiger partial charge in [0.15, 0.2) is 0 Å². The van der Waals surface area contributed by atoms with Crippen LogP contribution in [0.3, 0.4) is 0 Å². The minimum Gasteiger partial charge on any atom is -0.392 e. The van der Waals surface area contributed by atoms with Crippen LogP contribution in [0.4, 0.5) is 0 Å². The van der Waals surface area contributed by atoms with Gasteiger partial charge in [-0.15, -0.1) is 0 Å². The number of allylic oxidation sites excluding steroid dienone is 9. The molecule has 0 heterocycles. The lowest BCUT2D eigenvalue weighted by Gasteiger charge is -2.36. The molecule has 1 N–H and O–H groups in total. The molecule has 0 aromatic rings. The van der Waals surface area contributed by atoms with Gasteiger partial charge in [0.25, 0.3) is 0 Å². The summed E-state index contributed by atoms with van der Waals surface area (Å²) in [6.45, 7) is 11.2. The molecule has 1 unspecified atom stereocenters. The molecule has 21 heavy (non-hydrogen) atoms. The Balaban J connectivity index is 2.73. The van der Waals surface area contributed by atoms with Crippen LogP contribution in [0.15, 0.2) is 59.3 Å². The zero-order valence-electron chi connectivity index (χ0n) is 14.2. The van der Waals surface area contributed by atoms with Crippen LogP contribution in [0.1, 0.15) is 47.5 Å². The van der Waals surface area contributed by atoms with Gasteiger partial charge < -0.3 is 5.11 Å². The van der Waals surface area contributed by atoms with Crippen LogP contribution in [0.2, 0.25) is 0 Å². The van der Waals surface area contributed by atoms with Gasteiger partial charge in [0.05, 0.1) is 6.61 Å². The van der Waals surface area contributed by atoms with Crippen molar-refractivity contribution in [3.05, 3.63) is 59.3 Å². The van der Waals surface area contributed by atoms with Crippen molar-refractivity contribution in [2.24, 2.45) is 11.3 Å². The van der Waals surface area contributed by atoms with Gasteiger partial charge in [-0.3, -0.25) is 0 Å². The molecule has 0 amide bonds. The average molecular weight is 286 g/mol. The molecule has 0 radical (unpaired) electrons. The van der Waals surface area contributed by atoms with Crippen LogP contribution in [0.25, 0.3) is 0 Å². The van der Waals surface area contributed by atoms with Crippen LogP contribution in [-0.4, -0.2) is 11.7 Å². The second-order valence-electron chi connectivity index (χ2n) is 6.71. The normalized spacial score (nSPS) is 23.9. The Morgan fingerprint density at radius 1 is 1.29 bits per heavy atom. The summed E-state index contributed by atoms with van der Waals surface area (Å²) in [6, 6.07) is 0. The minimum absolute atomic E-state index is 0.0984. The maximum atomic E-state index is 8.81. The Hall–Kier alpha value is -1.34. The number of hydrogen-bond acceptors (Lipinski definition) is 1. The molecule has 1 rings (SSSR count). The van der Waals surface area contributed by atoms with Crippen molar-refractivity contribution in [2.75, 3.05) is 6.61 Å². The smallest absolute Gasteiger partial charge is 0.0617 e. The molecule has 1 heteroatoms. The molecule has 0 bridgehead atoms. The Morgan fingerprint density at radius 2 is 2.00 bits per heavy atom. The zero-order chi connectivity index (χ0) is 15.9. The van der Waals surface area contributed by atoms with Gasteiger partial charge in [-0.25, -0.2) is 0 Å². The van der Waals surface area contributed by atoms with Gasteiger partial charge in [-0.2, -0.15) is 0 Å². The SMILES string of the molecule is CC1=CCCC(C)(C)C1/C=C/C(C)=C/C=C/C(C)=C/CO. The first-order valence-electron chi connectivity index (χ1n) is 7.84.